The second-order valence-electron chi connectivity index (χ2n) is 7.97. The maximum absolute atomic E-state index is 13.6. The van der Waals surface area contributed by atoms with Crippen LogP contribution in [0.5, 0.6) is 0 Å². The number of benzene rings is 2. The first-order valence-corrected chi connectivity index (χ1v) is 11.3. The lowest BCUT2D eigenvalue weighted by Crippen LogP contribution is -2.16. The minimum absolute atomic E-state index is 0.0918. The second-order valence-corrected chi connectivity index (χ2v) is 9.06. The molecular weight excluding hydrogens is 388 g/mol. The number of nitrogens with zero attached hydrogens (tertiary/aromatic N) is 1. The Balaban J connectivity index is 1.76. The molecule has 1 N–H and O–H groups in total. The zero-order valence-electron chi connectivity index (χ0n) is 17.3. The van der Waals surface area contributed by atoms with Crippen LogP contribution in [-0.4, -0.2) is 10.9 Å². The summed E-state index contributed by atoms with van der Waals surface area (Å²) in [5.41, 5.74) is 6.87. The first-order valence-electron chi connectivity index (χ1n) is 10.5. The fourth-order valence-electron chi connectivity index (χ4n) is 4.47. The zero-order chi connectivity index (χ0) is 20.7. The van der Waals surface area contributed by atoms with Crippen molar-refractivity contribution in [2.24, 2.45) is 0 Å². The number of pyridine rings is 1. The average Bonchev–Trinajstić information content (AvgIpc) is 3.12. The van der Waals surface area contributed by atoms with Crippen molar-refractivity contribution < 1.29 is 4.79 Å². The minimum atomic E-state index is -0.0918. The smallest absolute Gasteiger partial charge is 0.258 e. The van der Waals surface area contributed by atoms with E-state index in [-0.39, 0.29) is 5.91 Å². The SMILES string of the molecule is Cc1ccccc1NC(=O)c1c(C)nc2sc3c(c2c1-c1ccccc1)CCCC3. The van der Waals surface area contributed by atoms with E-state index in [1.54, 1.807) is 11.3 Å². The molecule has 1 aliphatic rings. The molecule has 2 aromatic heterocycles. The summed E-state index contributed by atoms with van der Waals surface area (Å²) in [6, 6.07) is 18.2. The van der Waals surface area contributed by atoms with Gasteiger partial charge in [-0.3, -0.25) is 4.79 Å². The maximum Gasteiger partial charge on any atom is 0.258 e. The summed E-state index contributed by atoms with van der Waals surface area (Å²) in [6.45, 7) is 3.97. The van der Waals surface area contributed by atoms with Crippen molar-refractivity contribution >= 4 is 33.1 Å². The fraction of sp³-hybridized carbons (Fsp3) is 0.231. The molecule has 0 fully saturated rings. The van der Waals surface area contributed by atoms with Gasteiger partial charge in [-0.15, -0.1) is 11.3 Å². The lowest BCUT2D eigenvalue weighted by molar-refractivity contribution is 0.102. The molecule has 0 saturated heterocycles. The molecule has 5 rings (SSSR count). The van der Waals surface area contributed by atoms with Gasteiger partial charge in [0.2, 0.25) is 0 Å². The Morgan fingerprint density at radius 1 is 0.967 bits per heavy atom. The third kappa shape index (κ3) is 3.21. The summed E-state index contributed by atoms with van der Waals surface area (Å²) in [6.07, 6.45) is 4.62. The number of para-hydroxylation sites is 1. The van der Waals surface area contributed by atoms with Crippen molar-refractivity contribution in [3.05, 3.63) is 81.9 Å². The molecular formula is C26H24N2OS. The predicted molar refractivity (Wildman–Crippen MR) is 126 cm³/mol. The molecule has 0 unspecified atom stereocenters. The van der Waals surface area contributed by atoms with Crippen LogP contribution in [0.2, 0.25) is 0 Å². The monoisotopic (exact) mass is 412 g/mol. The lowest BCUT2D eigenvalue weighted by Gasteiger charge is -2.17. The van der Waals surface area contributed by atoms with Crippen LogP contribution >= 0.6 is 11.3 Å². The van der Waals surface area contributed by atoms with E-state index in [4.69, 9.17) is 4.98 Å². The molecule has 2 aromatic carbocycles. The summed E-state index contributed by atoms with van der Waals surface area (Å²) >= 11 is 1.81. The number of thiophene rings is 1. The number of carbonyl (C=O) groups is 1. The van der Waals surface area contributed by atoms with Crippen LogP contribution in [0.15, 0.2) is 54.6 Å². The van der Waals surface area contributed by atoms with E-state index in [2.05, 4.69) is 17.4 Å². The van der Waals surface area contributed by atoms with Crippen molar-refractivity contribution in [3.8, 4) is 11.1 Å². The summed E-state index contributed by atoms with van der Waals surface area (Å²) in [7, 11) is 0. The molecule has 0 saturated carbocycles. The fourth-order valence-corrected chi connectivity index (χ4v) is 5.79. The van der Waals surface area contributed by atoms with Crippen LogP contribution < -0.4 is 5.32 Å². The topological polar surface area (TPSA) is 42.0 Å². The highest BCUT2D eigenvalue weighted by Crippen LogP contribution is 2.43. The highest BCUT2D eigenvalue weighted by atomic mass is 32.1. The Bertz CT molecular complexity index is 1260. The van der Waals surface area contributed by atoms with Crippen molar-refractivity contribution in [3.63, 3.8) is 0 Å². The molecule has 4 heteroatoms. The van der Waals surface area contributed by atoms with E-state index >= 15 is 0 Å². The first kappa shape index (κ1) is 19.0. The Morgan fingerprint density at radius 2 is 1.70 bits per heavy atom. The summed E-state index contributed by atoms with van der Waals surface area (Å²) < 4.78 is 0. The normalized spacial score (nSPS) is 13.3. The van der Waals surface area contributed by atoms with Gasteiger partial charge in [-0.2, -0.15) is 0 Å². The highest BCUT2D eigenvalue weighted by molar-refractivity contribution is 7.19. The van der Waals surface area contributed by atoms with Crippen LogP contribution in [0.4, 0.5) is 5.69 Å². The van der Waals surface area contributed by atoms with Crippen molar-refractivity contribution in [2.75, 3.05) is 5.32 Å². The number of carbonyl (C=O) groups excluding carboxylic acids is 1. The van der Waals surface area contributed by atoms with Gasteiger partial charge in [0.25, 0.3) is 5.91 Å². The standard InChI is InChI=1S/C26H24N2OS/c1-16-10-6-8-14-20(16)28-25(29)22-17(2)27-26-24(19-13-7-9-15-21(19)30-26)23(22)18-11-4-3-5-12-18/h3-6,8,10-12,14H,7,9,13,15H2,1-2H3,(H,28,29). The second kappa shape index (κ2) is 7.69. The number of nitrogens with one attached hydrogen (secondary N) is 1. The molecule has 4 aromatic rings. The molecule has 0 spiro atoms. The molecule has 0 atom stereocenters. The van der Waals surface area contributed by atoms with Crippen molar-refractivity contribution in [1.29, 1.82) is 0 Å². The van der Waals surface area contributed by atoms with E-state index in [1.165, 1.54) is 28.7 Å². The molecule has 1 aliphatic carbocycles. The Morgan fingerprint density at radius 3 is 2.50 bits per heavy atom. The van der Waals surface area contributed by atoms with E-state index < -0.39 is 0 Å². The van der Waals surface area contributed by atoms with Crippen LogP contribution in [0, 0.1) is 13.8 Å². The van der Waals surface area contributed by atoms with Gasteiger partial charge in [-0.25, -0.2) is 4.98 Å². The maximum atomic E-state index is 13.6. The summed E-state index contributed by atoms with van der Waals surface area (Å²) in [5.74, 6) is -0.0918. The summed E-state index contributed by atoms with van der Waals surface area (Å²) in [5, 5.41) is 4.32. The van der Waals surface area contributed by atoms with E-state index in [0.29, 0.717) is 5.56 Å². The molecule has 30 heavy (non-hydrogen) atoms. The number of rotatable bonds is 3. The first-order chi connectivity index (χ1) is 14.6. The molecule has 0 radical (unpaired) electrons. The van der Waals surface area contributed by atoms with Crippen molar-refractivity contribution in [2.45, 2.75) is 39.5 Å². The van der Waals surface area contributed by atoms with Gasteiger partial charge in [0.15, 0.2) is 0 Å². The molecule has 1 amide bonds. The number of aryl methyl sites for hydroxylation is 4. The van der Waals surface area contributed by atoms with Crippen LogP contribution in [-0.2, 0) is 12.8 Å². The van der Waals surface area contributed by atoms with Crippen LogP contribution in [0.1, 0.15) is 44.9 Å². The van der Waals surface area contributed by atoms with Crippen LogP contribution in [0.3, 0.4) is 0 Å². The van der Waals surface area contributed by atoms with E-state index in [9.17, 15) is 4.79 Å². The van der Waals surface area contributed by atoms with Crippen molar-refractivity contribution in [1.82, 2.24) is 4.98 Å². The minimum Gasteiger partial charge on any atom is -0.322 e. The number of anilines is 1. The average molecular weight is 413 g/mol. The Hall–Kier alpha value is -2.98. The largest absolute Gasteiger partial charge is 0.322 e. The molecule has 3 nitrogen and oxygen atoms in total. The molecule has 0 aliphatic heterocycles. The third-order valence-electron chi connectivity index (χ3n) is 5.97. The van der Waals surface area contributed by atoms with Crippen LogP contribution in [0.25, 0.3) is 21.3 Å². The number of fused-ring (bicyclic) bond motifs is 3. The zero-order valence-corrected chi connectivity index (χ0v) is 18.1. The highest BCUT2D eigenvalue weighted by Gasteiger charge is 2.26. The van der Waals surface area contributed by atoms with E-state index in [1.807, 2.05) is 56.3 Å². The van der Waals surface area contributed by atoms with Gasteiger partial charge in [-0.05, 0) is 62.3 Å². The third-order valence-corrected chi connectivity index (χ3v) is 7.15. The number of hydrogen-bond donors (Lipinski definition) is 1. The number of aromatic nitrogens is 1. The number of amides is 1. The molecule has 2 heterocycles. The Kier molecular flexibility index (Phi) is 4.87. The molecule has 0 bridgehead atoms. The van der Waals surface area contributed by atoms with Gasteiger partial charge < -0.3 is 5.32 Å². The Labute approximate surface area is 180 Å². The van der Waals surface area contributed by atoms with Gasteiger partial charge in [0, 0.05) is 21.5 Å². The van der Waals surface area contributed by atoms with Gasteiger partial charge >= 0.3 is 0 Å². The quantitative estimate of drug-likeness (QED) is 0.406. The predicted octanol–water partition coefficient (Wildman–Crippen LogP) is 6.71. The number of hydrogen-bond acceptors (Lipinski definition) is 3. The van der Waals surface area contributed by atoms with E-state index in [0.717, 1.165) is 45.7 Å². The van der Waals surface area contributed by atoms with Gasteiger partial charge in [0.05, 0.1) is 11.3 Å². The molecule has 150 valence electrons. The van der Waals surface area contributed by atoms with Gasteiger partial charge in [-0.1, -0.05) is 48.5 Å². The lowest BCUT2D eigenvalue weighted by atomic mass is 9.89. The van der Waals surface area contributed by atoms with Gasteiger partial charge in [0.1, 0.15) is 4.83 Å². The summed E-state index contributed by atoms with van der Waals surface area (Å²) in [4.78, 5) is 21.0.